The fourth-order valence-corrected chi connectivity index (χ4v) is 5.00. The number of hydrogen-bond acceptors (Lipinski definition) is 9. The minimum absolute atomic E-state index is 0.0597. The molecule has 3 N–H and O–H groups in total. The molecule has 0 spiro atoms. The lowest BCUT2D eigenvalue weighted by Gasteiger charge is -2.32. The van der Waals surface area contributed by atoms with Crippen molar-refractivity contribution in [1.82, 2.24) is 30.9 Å². The molecule has 11 nitrogen and oxygen atoms in total. The van der Waals surface area contributed by atoms with Crippen molar-refractivity contribution in [2.45, 2.75) is 58.5 Å². The van der Waals surface area contributed by atoms with Crippen LogP contribution in [-0.4, -0.2) is 77.6 Å². The van der Waals surface area contributed by atoms with E-state index in [0.717, 1.165) is 61.6 Å². The molecule has 5 rings (SSSR count). The van der Waals surface area contributed by atoms with E-state index in [9.17, 15) is 4.79 Å². The summed E-state index contributed by atoms with van der Waals surface area (Å²) in [6.45, 7) is 12.8. The standard InChI is InChI=1S/C27H38N8O3/c1-17(2)28-27(36)29-21-7-5-20(6-8-21)25-30-23-22(19-9-11-35(12-10-19)32-18(3)4)33-38-24(23)26(31-25)34-13-15-37-16-14-34/h5-8,17-19,32H,9-16H2,1-4H3,(H2,28,29,36). The van der Waals surface area contributed by atoms with Crippen LogP contribution in [-0.2, 0) is 4.74 Å². The summed E-state index contributed by atoms with van der Waals surface area (Å²) in [4.78, 5) is 24.2. The van der Waals surface area contributed by atoms with Crippen LogP contribution in [0.3, 0.4) is 0 Å². The quantitative estimate of drug-likeness (QED) is 0.426. The van der Waals surface area contributed by atoms with Gasteiger partial charge in [-0.05, 0) is 64.8 Å². The number of anilines is 2. The molecule has 2 amide bonds. The third-order valence-corrected chi connectivity index (χ3v) is 6.78. The van der Waals surface area contributed by atoms with Gasteiger partial charge in [0.1, 0.15) is 11.2 Å². The van der Waals surface area contributed by atoms with Crippen LogP contribution in [0.25, 0.3) is 22.5 Å². The van der Waals surface area contributed by atoms with Crippen LogP contribution in [0.5, 0.6) is 0 Å². The van der Waals surface area contributed by atoms with Gasteiger partial charge in [-0.25, -0.2) is 19.8 Å². The number of rotatable bonds is 7. The predicted octanol–water partition coefficient (Wildman–Crippen LogP) is 3.74. The van der Waals surface area contributed by atoms with E-state index in [4.69, 9.17) is 19.2 Å². The summed E-state index contributed by atoms with van der Waals surface area (Å²) in [6, 6.07) is 7.83. The molecule has 11 heteroatoms. The number of nitrogens with one attached hydrogen (secondary N) is 3. The second kappa shape index (κ2) is 11.6. The predicted molar refractivity (Wildman–Crippen MR) is 147 cm³/mol. The highest BCUT2D eigenvalue weighted by atomic mass is 16.5. The number of aromatic nitrogens is 3. The lowest BCUT2D eigenvalue weighted by molar-refractivity contribution is 0.122. The SMILES string of the molecule is CC(C)NC(=O)Nc1ccc(-c2nc(N3CCOCC3)c3onc(C4CCN(NC(C)C)CC4)c3n2)cc1. The Labute approximate surface area is 223 Å². The number of carbonyl (C=O) groups excluding carboxylic acids is 1. The zero-order chi connectivity index (χ0) is 26.6. The molecule has 2 aliphatic rings. The molecule has 2 saturated heterocycles. The van der Waals surface area contributed by atoms with Crippen LogP contribution in [0.2, 0.25) is 0 Å². The molecule has 0 atom stereocenters. The molecule has 1 aromatic carbocycles. The van der Waals surface area contributed by atoms with Crippen molar-refractivity contribution in [3.63, 3.8) is 0 Å². The number of piperidine rings is 1. The maximum Gasteiger partial charge on any atom is 0.319 e. The van der Waals surface area contributed by atoms with Gasteiger partial charge in [0.25, 0.3) is 0 Å². The Bertz CT molecular complexity index is 1230. The molecule has 0 aliphatic carbocycles. The number of hydrazine groups is 1. The Morgan fingerprint density at radius 3 is 2.34 bits per heavy atom. The zero-order valence-corrected chi connectivity index (χ0v) is 22.7. The van der Waals surface area contributed by atoms with Crippen molar-refractivity contribution < 1.29 is 14.1 Å². The topological polar surface area (TPSA) is 121 Å². The molecule has 2 fully saturated rings. The average Bonchev–Trinajstić information content (AvgIpc) is 3.33. The van der Waals surface area contributed by atoms with Crippen LogP contribution >= 0.6 is 0 Å². The molecule has 2 aromatic heterocycles. The fourth-order valence-electron chi connectivity index (χ4n) is 5.00. The third kappa shape index (κ3) is 6.06. The van der Waals surface area contributed by atoms with E-state index in [1.165, 1.54) is 0 Å². The van der Waals surface area contributed by atoms with Gasteiger partial charge >= 0.3 is 6.03 Å². The molecule has 2 aliphatic heterocycles. The first-order valence-electron chi connectivity index (χ1n) is 13.6. The molecular formula is C27H38N8O3. The highest BCUT2D eigenvalue weighted by molar-refractivity contribution is 5.90. The smallest absolute Gasteiger partial charge is 0.319 e. The van der Waals surface area contributed by atoms with E-state index in [1.54, 1.807) is 0 Å². The average molecular weight is 523 g/mol. The molecule has 38 heavy (non-hydrogen) atoms. The molecule has 3 aromatic rings. The number of urea groups is 1. The highest BCUT2D eigenvalue weighted by Gasteiger charge is 2.29. The van der Waals surface area contributed by atoms with Gasteiger partial charge < -0.3 is 24.8 Å². The third-order valence-electron chi connectivity index (χ3n) is 6.78. The molecule has 4 heterocycles. The largest absolute Gasteiger partial charge is 0.378 e. The van der Waals surface area contributed by atoms with Gasteiger partial charge in [-0.15, -0.1) is 0 Å². The summed E-state index contributed by atoms with van der Waals surface area (Å²) in [6.07, 6.45) is 1.96. The summed E-state index contributed by atoms with van der Waals surface area (Å²) >= 11 is 0. The van der Waals surface area contributed by atoms with Crippen molar-refractivity contribution in [3.05, 3.63) is 30.0 Å². The number of morpholine rings is 1. The van der Waals surface area contributed by atoms with Gasteiger partial charge in [0.05, 0.1) is 13.2 Å². The van der Waals surface area contributed by atoms with Gasteiger partial charge in [-0.3, -0.25) is 5.43 Å². The maximum atomic E-state index is 12.1. The summed E-state index contributed by atoms with van der Waals surface area (Å²) in [7, 11) is 0. The molecule has 0 bridgehead atoms. The molecular weight excluding hydrogens is 484 g/mol. The van der Waals surface area contributed by atoms with E-state index >= 15 is 0 Å². The molecule has 204 valence electrons. The Morgan fingerprint density at radius 2 is 1.68 bits per heavy atom. The Balaban J connectivity index is 1.45. The van der Waals surface area contributed by atoms with Gasteiger partial charge in [0.2, 0.25) is 5.58 Å². The summed E-state index contributed by atoms with van der Waals surface area (Å²) in [5.41, 5.74) is 7.40. The minimum Gasteiger partial charge on any atom is -0.378 e. The van der Waals surface area contributed by atoms with Gasteiger partial charge in [0, 0.05) is 55.4 Å². The van der Waals surface area contributed by atoms with Crippen LogP contribution in [0.4, 0.5) is 16.3 Å². The monoisotopic (exact) mass is 522 g/mol. The first kappa shape index (κ1) is 26.3. The molecule has 0 saturated carbocycles. The number of benzene rings is 1. The van der Waals surface area contributed by atoms with Gasteiger partial charge in [0.15, 0.2) is 11.6 Å². The lowest BCUT2D eigenvalue weighted by atomic mass is 9.93. The molecule has 0 unspecified atom stereocenters. The fraction of sp³-hybridized carbons (Fsp3) is 0.556. The van der Waals surface area contributed by atoms with E-state index < -0.39 is 0 Å². The number of amides is 2. The van der Waals surface area contributed by atoms with Gasteiger partial charge in [-0.2, -0.15) is 0 Å². The van der Waals surface area contributed by atoms with Crippen molar-refractivity contribution >= 4 is 28.6 Å². The first-order valence-corrected chi connectivity index (χ1v) is 13.6. The van der Waals surface area contributed by atoms with Crippen LogP contribution in [0.1, 0.15) is 52.1 Å². The van der Waals surface area contributed by atoms with Crippen molar-refractivity contribution in [2.24, 2.45) is 0 Å². The zero-order valence-electron chi connectivity index (χ0n) is 22.7. The van der Waals surface area contributed by atoms with Crippen LogP contribution in [0.15, 0.2) is 28.8 Å². The number of hydrogen-bond donors (Lipinski definition) is 3. The summed E-state index contributed by atoms with van der Waals surface area (Å²) < 4.78 is 11.5. The van der Waals surface area contributed by atoms with Crippen molar-refractivity contribution in [3.8, 4) is 11.4 Å². The first-order chi connectivity index (χ1) is 18.4. The maximum absolute atomic E-state index is 12.1. The van der Waals surface area contributed by atoms with Crippen LogP contribution < -0.4 is 21.0 Å². The number of fused-ring (bicyclic) bond motifs is 1. The highest BCUT2D eigenvalue weighted by Crippen LogP contribution is 2.36. The number of carbonyl (C=O) groups is 1. The summed E-state index contributed by atoms with van der Waals surface area (Å²) in [5.74, 6) is 1.64. The number of ether oxygens (including phenoxy) is 1. The Kier molecular flexibility index (Phi) is 8.06. The minimum atomic E-state index is -0.233. The van der Waals surface area contributed by atoms with E-state index in [2.05, 4.69) is 45.0 Å². The second-order valence-electron chi connectivity index (χ2n) is 10.6. The lowest BCUT2D eigenvalue weighted by Crippen LogP contribution is -2.46. The number of nitrogens with zero attached hydrogens (tertiary/aromatic N) is 5. The Hall–Kier alpha value is -3.28. The molecule has 0 radical (unpaired) electrons. The second-order valence-corrected chi connectivity index (χ2v) is 10.6. The van der Waals surface area contributed by atoms with Crippen molar-refractivity contribution in [2.75, 3.05) is 49.6 Å². The normalized spacial score (nSPS) is 17.5. The Morgan fingerprint density at radius 1 is 0.974 bits per heavy atom. The van der Waals surface area contributed by atoms with Gasteiger partial charge in [-0.1, -0.05) is 5.16 Å². The van der Waals surface area contributed by atoms with Crippen molar-refractivity contribution in [1.29, 1.82) is 0 Å². The van der Waals surface area contributed by atoms with E-state index in [-0.39, 0.29) is 18.0 Å². The van der Waals surface area contributed by atoms with Crippen LogP contribution in [0, 0.1) is 0 Å². The summed E-state index contributed by atoms with van der Waals surface area (Å²) in [5, 5.41) is 12.5. The van der Waals surface area contributed by atoms with E-state index in [1.807, 2.05) is 38.1 Å². The van der Waals surface area contributed by atoms with E-state index in [0.29, 0.717) is 36.4 Å².